The standard InChI is InChI=1S/C14H11ClN2O2/c15-14-10(8-17-12(18)5-6-13(17)19)7-9-3-1-2-4-11(9)16-14/h1-4,7H,5-6,8H2. The number of fused-ring (bicyclic) bond motifs is 1. The molecule has 1 aromatic carbocycles. The molecule has 2 heterocycles. The molecule has 0 N–H and O–H groups in total. The van der Waals surface area contributed by atoms with Crippen molar-refractivity contribution in [2.24, 2.45) is 0 Å². The van der Waals surface area contributed by atoms with Crippen LogP contribution in [0, 0.1) is 0 Å². The van der Waals surface area contributed by atoms with Crippen molar-refractivity contribution >= 4 is 34.3 Å². The number of pyridine rings is 1. The van der Waals surface area contributed by atoms with E-state index in [2.05, 4.69) is 4.98 Å². The van der Waals surface area contributed by atoms with E-state index in [0.29, 0.717) is 10.7 Å². The number of likely N-dealkylation sites (tertiary alicyclic amines) is 1. The summed E-state index contributed by atoms with van der Waals surface area (Å²) in [4.78, 5) is 28.7. The topological polar surface area (TPSA) is 50.3 Å². The van der Waals surface area contributed by atoms with E-state index < -0.39 is 0 Å². The molecule has 0 atom stereocenters. The predicted octanol–water partition coefficient (Wildman–Crippen LogP) is 2.54. The fraction of sp³-hybridized carbons (Fsp3) is 0.214. The molecular formula is C14H11ClN2O2. The minimum atomic E-state index is -0.144. The molecule has 3 rings (SSSR count). The first kappa shape index (κ1) is 12.1. The van der Waals surface area contributed by atoms with E-state index in [4.69, 9.17) is 11.6 Å². The highest BCUT2D eigenvalue weighted by Crippen LogP contribution is 2.24. The first-order valence-corrected chi connectivity index (χ1v) is 6.40. The number of halogens is 1. The molecule has 1 aromatic heterocycles. The van der Waals surface area contributed by atoms with E-state index in [1.807, 2.05) is 30.3 Å². The lowest BCUT2D eigenvalue weighted by Crippen LogP contribution is -2.28. The van der Waals surface area contributed by atoms with Crippen molar-refractivity contribution in [3.8, 4) is 0 Å². The lowest BCUT2D eigenvalue weighted by atomic mass is 10.1. The molecule has 0 spiro atoms. The Morgan fingerprint density at radius 2 is 1.84 bits per heavy atom. The van der Waals surface area contributed by atoms with Gasteiger partial charge in [-0.3, -0.25) is 14.5 Å². The summed E-state index contributed by atoms with van der Waals surface area (Å²) in [6, 6.07) is 9.48. The predicted molar refractivity (Wildman–Crippen MR) is 71.5 cm³/mol. The minimum absolute atomic E-state index is 0.144. The summed E-state index contributed by atoms with van der Waals surface area (Å²) in [6.45, 7) is 0.203. The molecule has 0 saturated carbocycles. The number of carbonyl (C=O) groups excluding carboxylic acids is 2. The fourth-order valence-corrected chi connectivity index (χ4v) is 2.42. The van der Waals surface area contributed by atoms with E-state index in [0.717, 1.165) is 10.9 Å². The quantitative estimate of drug-likeness (QED) is 0.625. The first-order chi connectivity index (χ1) is 9.15. The highest BCUT2D eigenvalue weighted by molar-refractivity contribution is 6.30. The molecular weight excluding hydrogens is 264 g/mol. The van der Waals surface area contributed by atoms with Gasteiger partial charge in [-0.05, 0) is 12.1 Å². The van der Waals surface area contributed by atoms with E-state index >= 15 is 0 Å². The Labute approximate surface area is 115 Å². The molecule has 2 aromatic rings. The highest BCUT2D eigenvalue weighted by Gasteiger charge is 2.29. The molecule has 19 heavy (non-hydrogen) atoms. The van der Waals surface area contributed by atoms with Crippen molar-refractivity contribution in [3.63, 3.8) is 0 Å². The van der Waals surface area contributed by atoms with Crippen LogP contribution in [-0.2, 0) is 16.1 Å². The lowest BCUT2D eigenvalue weighted by Gasteiger charge is -2.14. The first-order valence-electron chi connectivity index (χ1n) is 6.02. The van der Waals surface area contributed by atoms with Gasteiger partial charge < -0.3 is 0 Å². The van der Waals surface area contributed by atoms with Gasteiger partial charge in [0, 0.05) is 23.8 Å². The maximum Gasteiger partial charge on any atom is 0.229 e. The summed E-state index contributed by atoms with van der Waals surface area (Å²) < 4.78 is 0. The van der Waals surface area contributed by atoms with Crippen molar-refractivity contribution in [2.45, 2.75) is 19.4 Å². The van der Waals surface area contributed by atoms with Gasteiger partial charge in [-0.15, -0.1) is 0 Å². The van der Waals surface area contributed by atoms with Gasteiger partial charge in [0.05, 0.1) is 12.1 Å². The van der Waals surface area contributed by atoms with Crippen LogP contribution in [0.25, 0.3) is 10.9 Å². The largest absolute Gasteiger partial charge is 0.278 e. The Morgan fingerprint density at radius 1 is 1.16 bits per heavy atom. The Balaban J connectivity index is 1.98. The molecule has 2 amide bonds. The summed E-state index contributed by atoms with van der Waals surface area (Å²) in [7, 11) is 0. The number of benzene rings is 1. The number of aromatic nitrogens is 1. The average Bonchev–Trinajstić information content (AvgIpc) is 2.71. The van der Waals surface area contributed by atoms with Gasteiger partial charge in [0.15, 0.2) is 0 Å². The number of carbonyl (C=O) groups is 2. The van der Waals surface area contributed by atoms with E-state index in [-0.39, 0.29) is 31.2 Å². The number of para-hydroxylation sites is 1. The number of nitrogens with zero attached hydrogens (tertiary/aromatic N) is 2. The average molecular weight is 275 g/mol. The molecule has 0 radical (unpaired) electrons. The minimum Gasteiger partial charge on any atom is -0.278 e. The number of amides is 2. The molecule has 1 aliphatic heterocycles. The van der Waals surface area contributed by atoms with Gasteiger partial charge >= 0.3 is 0 Å². The second-order valence-corrected chi connectivity index (χ2v) is 4.86. The van der Waals surface area contributed by atoms with Gasteiger partial charge in [-0.2, -0.15) is 0 Å². The smallest absolute Gasteiger partial charge is 0.229 e. The summed E-state index contributed by atoms with van der Waals surface area (Å²) >= 11 is 6.12. The molecule has 0 bridgehead atoms. The molecule has 1 saturated heterocycles. The summed E-state index contributed by atoms with van der Waals surface area (Å²) in [5, 5.41) is 1.28. The maximum absolute atomic E-state index is 11.6. The van der Waals surface area contributed by atoms with Crippen molar-refractivity contribution in [1.29, 1.82) is 0 Å². The van der Waals surface area contributed by atoms with E-state index in [9.17, 15) is 9.59 Å². The third-order valence-electron chi connectivity index (χ3n) is 3.23. The highest BCUT2D eigenvalue weighted by atomic mass is 35.5. The molecule has 0 unspecified atom stereocenters. The second-order valence-electron chi connectivity index (χ2n) is 4.50. The molecule has 0 aliphatic carbocycles. The van der Waals surface area contributed by atoms with Crippen molar-refractivity contribution in [3.05, 3.63) is 41.0 Å². The van der Waals surface area contributed by atoms with Crippen molar-refractivity contribution in [1.82, 2.24) is 9.88 Å². The molecule has 4 nitrogen and oxygen atoms in total. The van der Waals surface area contributed by atoms with Gasteiger partial charge in [0.25, 0.3) is 0 Å². The Kier molecular flexibility index (Phi) is 2.95. The van der Waals surface area contributed by atoms with Crippen LogP contribution in [-0.4, -0.2) is 21.7 Å². The zero-order valence-corrected chi connectivity index (χ0v) is 10.9. The fourth-order valence-electron chi connectivity index (χ4n) is 2.22. The van der Waals surface area contributed by atoms with Crippen LogP contribution in [0.1, 0.15) is 18.4 Å². The van der Waals surface area contributed by atoms with Crippen LogP contribution in [0.2, 0.25) is 5.15 Å². The summed E-state index contributed by atoms with van der Waals surface area (Å²) in [5.41, 5.74) is 1.50. The van der Waals surface area contributed by atoms with Gasteiger partial charge in [-0.25, -0.2) is 4.98 Å². The third kappa shape index (κ3) is 2.19. The van der Waals surface area contributed by atoms with Crippen LogP contribution in [0.5, 0.6) is 0 Å². The Bertz CT molecular complexity index is 668. The summed E-state index contributed by atoms with van der Waals surface area (Å²) in [6.07, 6.45) is 0.578. The van der Waals surface area contributed by atoms with Gasteiger partial charge in [0.1, 0.15) is 5.15 Å². The molecule has 1 fully saturated rings. The van der Waals surface area contributed by atoms with E-state index in [1.165, 1.54) is 4.90 Å². The number of hydrogen-bond acceptors (Lipinski definition) is 3. The molecule has 5 heteroatoms. The van der Waals surface area contributed by atoms with Crippen LogP contribution in [0.15, 0.2) is 30.3 Å². The molecule has 1 aliphatic rings. The van der Waals surface area contributed by atoms with Gasteiger partial charge in [0.2, 0.25) is 11.8 Å². The zero-order valence-electron chi connectivity index (χ0n) is 10.1. The number of hydrogen-bond donors (Lipinski definition) is 0. The normalized spacial score (nSPS) is 15.5. The van der Waals surface area contributed by atoms with Crippen LogP contribution in [0.4, 0.5) is 0 Å². The number of rotatable bonds is 2. The Morgan fingerprint density at radius 3 is 2.58 bits per heavy atom. The third-order valence-corrected chi connectivity index (χ3v) is 3.56. The SMILES string of the molecule is O=C1CCC(=O)N1Cc1cc2ccccc2nc1Cl. The van der Waals surface area contributed by atoms with Crippen molar-refractivity contribution in [2.75, 3.05) is 0 Å². The van der Waals surface area contributed by atoms with Crippen LogP contribution >= 0.6 is 11.6 Å². The van der Waals surface area contributed by atoms with E-state index in [1.54, 1.807) is 0 Å². The molecule has 96 valence electrons. The van der Waals surface area contributed by atoms with Crippen LogP contribution < -0.4 is 0 Å². The van der Waals surface area contributed by atoms with Gasteiger partial charge in [-0.1, -0.05) is 29.8 Å². The number of imide groups is 1. The lowest BCUT2D eigenvalue weighted by molar-refractivity contribution is -0.139. The second kappa shape index (κ2) is 4.63. The van der Waals surface area contributed by atoms with Crippen molar-refractivity contribution < 1.29 is 9.59 Å². The maximum atomic E-state index is 11.6. The van der Waals surface area contributed by atoms with Crippen LogP contribution in [0.3, 0.4) is 0 Å². The summed E-state index contributed by atoms with van der Waals surface area (Å²) in [5.74, 6) is -0.288. The Hall–Kier alpha value is -1.94. The zero-order chi connectivity index (χ0) is 13.4. The monoisotopic (exact) mass is 274 g/mol.